The zero-order valence-electron chi connectivity index (χ0n) is 15.8. The van der Waals surface area contributed by atoms with Crippen molar-refractivity contribution in [3.63, 3.8) is 0 Å². The van der Waals surface area contributed by atoms with E-state index in [4.69, 9.17) is 5.73 Å². The summed E-state index contributed by atoms with van der Waals surface area (Å²) >= 11 is 0. The minimum atomic E-state index is -0.910. The van der Waals surface area contributed by atoms with Crippen molar-refractivity contribution >= 4 is 33.9 Å². The topological polar surface area (TPSA) is 132 Å². The summed E-state index contributed by atoms with van der Waals surface area (Å²) in [6.07, 6.45) is 0. The number of fused-ring (bicyclic) bond motifs is 3. The maximum Gasteiger partial charge on any atom is 0.281 e. The lowest BCUT2D eigenvalue weighted by Gasteiger charge is -2.20. The molecule has 4 aromatic rings. The van der Waals surface area contributed by atoms with Crippen LogP contribution in [0.25, 0.3) is 10.8 Å². The number of nitrogens with one attached hydrogen (secondary N) is 1. The Hall–Kier alpha value is -4.59. The summed E-state index contributed by atoms with van der Waals surface area (Å²) in [4.78, 5) is 64.1. The van der Waals surface area contributed by atoms with Gasteiger partial charge in [-0.3, -0.25) is 29.1 Å². The molecule has 1 aliphatic rings. The fraction of sp³-hybridized carbons (Fsp3) is 0. The normalized spacial score (nSPS) is 12.5. The van der Waals surface area contributed by atoms with Crippen LogP contribution in [0.3, 0.4) is 0 Å². The summed E-state index contributed by atoms with van der Waals surface area (Å²) in [6.45, 7) is 0. The molecule has 0 saturated heterocycles. The minimum absolute atomic E-state index is 0.0660. The van der Waals surface area contributed by atoms with E-state index >= 15 is 0 Å². The largest absolute Gasteiger partial charge is 0.397 e. The van der Waals surface area contributed by atoms with E-state index in [1.54, 1.807) is 30.3 Å². The Morgan fingerprint density at radius 3 is 2.06 bits per heavy atom. The Morgan fingerprint density at radius 1 is 0.742 bits per heavy atom. The highest BCUT2D eigenvalue weighted by molar-refractivity contribution is 6.31. The highest BCUT2D eigenvalue weighted by atomic mass is 16.2. The average Bonchev–Trinajstić information content (AvgIpc) is 2.79. The molecule has 0 amide bonds. The van der Waals surface area contributed by atoms with E-state index in [2.05, 4.69) is 5.10 Å². The van der Waals surface area contributed by atoms with E-state index < -0.39 is 22.8 Å². The van der Waals surface area contributed by atoms with Crippen LogP contribution in [0.4, 0.5) is 5.69 Å². The summed E-state index contributed by atoms with van der Waals surface area (Å²) < 4.78 is 0.561. The predicted molar refractivity (Wildman–Crippen MR) is 113 cm³/mol. The summed E-state index contributed by atoms with van der Waals surface area (Å²) in [5.41, 5.74) is 4.83. The second kappa shape index (κ2) is 6.46. The number of carbonyl (C=O) groups is 3. The van der Waals surface area contributed by atoms with Crippen LogP contribution in [-0.2, 0) is 0 Å². The van der Waals surface area contributed by atoms with Crippen molar-refractivity contribution in [1.29, 1.82) is 0 Å². The van der Waals surface area contributed by atoms with Gasteiger partial charge >= 0.3 is 0 Å². The quantitative estimate of drug-likeness (QED) is 0.404. The van der Waals surface area contributed by atoms with Crippen molar-refractivity contribution in [3.8, 4) is 0 Å². The van der Waals surface area contributed by atoms with Gasteiger partial charge in [0, 0.05) is 16.7 Å². The SMILES string of the molecule is Nc1c(C(=O)n2[nH]c(=O)c3ccccc3c2=O)ccc2c1C(=O)c1ccccc1C2=O. The van der Waals surface area contributed by atoms with E-state index in [1.807, 2.05) is 0 Å². The predicted octanol–water partition coefficient (Wildman–Crippen LogP) is 1.74. The van der Waals surface area contributed by atoms with E-state index in [1.165, 1.54) is 30.3 Å². The van der Waals surface area contributed by atoms with Crippen LogP contribution >= 0.6 is 0 Å². The summed E-state index contributed by atoms with van der Waals surface area (Å²) in [6, 6.07) is 15.0. The number of aromatic amines is 1. The summed E-state index contributed by atoms with van der Waals surface area (Å²) in [5, 5.41) is 2.46. The van der Waals surface area contributed by atoms with Crippen LogP contribution in [0.1, 0.15) is 42.2 Å². The number of ketones is 2. The van der Waals surface area contributed by atoms with Crippen molar-refractivity contribution in [2.45, 2.75) is 0 Å². The third-order valence-electron chi connectivity index (χ3n) is 5.39. The molecule has 0 fully saturated rings. The number of rotatable bonds is 1. The van der Waals surface area contributed by atoms with Crippen molar-refractivity contribution in [3.05, 3.63) is 109 Å². The smallest absolute Gasteiger partial charge is 0.281 e. The molecule has 0 spiro atoms. The monoisotopic (exact) mass is 411 g/mol. The zero-order chi connectivity index (χ0) is 21.9. The van der Waals surface area contributed by atoms with Crippen LogP contribution in [0.2, 0.25) is 0 Å². The molecule has 1 heterocycles. The van der Waals surface area contributed by atoms with Gasteiger partial charge in [0.05, 0.1) is 27.6 Å². The standard InChI is InChI=1S/C23H13N3O5/c24-18-16(23(31)26-22(30)14-8-4-3-7-13(14)21(29)25-26)10-9-15-17(18)20(28)12-6-2-1-5-11(12)19(15)27/h1-10H,24H2,(H,25,29). The van der Waals surface area contributed by atoms with Crippen molar-refractivity contribution < 1.29 is 14.4 Å². The van der Waals surface area contributed by atoms with Crippen LogP contribution < -0.4 is 16.9 Å². The number of nitrogens with two attached hydrogens (primary N) is 1. The summed E-state index contributed by atoms with van der Waals surface area (Å²) in [5.74, 6) is -1.78. The Balaban J connectivity index is 1.71. The molecule has 0 aliphatic heterocycles. The molecule has 1 aliphatic carbocycles. The van der Waals surface area contributed by atoms with Crippen LogP contribution in [-0.4, -0.2) is 27.3 Å². The first-order valence-corrected chi connectivity index (χ1v) is 9.30. The number of hydrogen-bond donors (Lipinski definition) is 2. The molecule has 0 saturated carbocycles. The van der Waals surface area contributed by atoms with Gasteiger partial charge in [-0.15, -0.1) is 0 Å². The number of nitrogens with zero attached hydrogens (tertiary/aromatic N) is 1. The number of hydrogen-bond acceptors (Lipinski definition) is 6. The Bertz CT molecular complexity index is 1590. The molecule has 8 heteroatoms. The second-order valence-electron chi connectivity index (χ2n) is 7.09. The van der Waals surface area contributed by atoms with Gasteiger partial charge in [0.2, 0.25) is 0 Å². The van der Waals surface area contributed by atoms with E-state index in [0.29, 0.717) is 4.68 Å². The van der Waals surface area contributed by atoms with Gasteiger partial charge in [-0.05, 0) is 24.3 Å². The second-order valence-corrected chi connectivity index (χ2v) is 7.09. The van der Waals surface area contributed by atoms with Gasteiger partial charge < -0.3 is 5.73 Å². The molecule has 1 aromatic heterocycles. The van der Waals surface area contributed by atoms with Crippen LogP contribution in [0.15, 0.2) is 70.3 Å². The molecule has 0 atom stereocenters. The molecule has 3 aromatic carbocycles. The van der Waals surface area contributed by atoms with Crippen molar-refractivity contribution in [2.24, 2.45) is 0 Å². The van der Waals surface area contributed by atoms with Gasteiger partial charge in [0.1, 0.15) is 0 Å². The summed E-state index contributed by atoms with van der Waals surface area (Å²) in [7, 11) is 0. The molecule has 0 bridgehead atoms. The molecule has 8 nitrogen and oxygen atoms in total. The minimum Gasteiger partial charge on any atom is -0.397 e. The number of carbonyl (C=O) groups excluding carboxylic acids is 3. The fourth-order valence-corrected chi connectivity index (χ4v) is 3.86. The lowest BCUT2D eigenvalue weighted by molar-refractivity contribution is 0.0938. The molecular formula is C23H13N3O5. The van der Waals surface area contributed by atoms with Gasteiger partial charge in [-0.1, -0.05) is 36.4 Å². The first-order chi connectivity index (χ1) is 14.9. The molecule has 0 radical (unpaired) electrons. The number of nitrogen functional groups attached to an aromatic ring is 1. The first-order valence-electron chi connectivity index (χ1n) is 9.30. The zero-order valence-corrected chi connectivity index (χ0v) is 15.8. The van der Waals surface area contributed by atoms with Crippen LogP contribution in [0.5, 0.6) is 0 Å². The van der Waals surface area contributed by atoms with E-state index in [9.17, 15) is 24.0 Å². The lowest BCUT2D eigenvalue weighted by Crippen LogP contribution is -2.35. The Kier molecular flexibility index (Phi) is 3.84. The maximum atomic E-state index is 13.1. The molecule has 150 valence electrons. The third kappa shape index (κ3) is 2.52. The Labute approximate surface area is 173 Å². The lowest BCUT2D eigenvalue weighted by atomic mass is 9.82. The number of aromatic nitrogens is 2. The number of anilines is 1. The molecule has 3 N–H and O–H groups in total. The van der Waals surface area contributed by atoms with E-state index in [0.717, 1.165) is 0 Å². The van der Waals surface area contributed by atoms with E-state index in [-0.39, 0.29) is 50.1 Å². The molecule has 0 unspecified atom stereocenters. The van der Waals surface area contributed by atoms with Crippen molar-refractivity contribution in [1.82, 2.24) is 9.78 Å². The number of benzene rings is 3. The van der Waals surface area contributed by atoms with Gasteiger partial charge in [0.25, 0.3) is 17.0 Å². The third-order valence-corrected chi connectivity index (χ3v) is 5.39. The average molecular weight is 411 g/mol. The highest BCUT2D eigenvalue weighted by Gasteiger charge is 2.33. The van der Waals surface area contributed by atoms with Crippen LogP contribution in [0, 0.1) is 0 Å². The highest BCUT2D eigenvalue weighted by Crippen LogP contribution is 2.32. The first kappa shape index (κ1) is 18.4. The maximum absolute atomic E-state index is 13.1. The number of H-pyrrole nitrogens is 1. The van der Waals surface area contributed by atoms with Crippen molar-refractivity contribution in [2.75, 3.05) is 5.73 Å². The molecular weight excluding hydrogens is 398 g/mol. The van der Waals surface area contributed by atoms with Gasteiger partial charge in [-0.25, -0.2) is 0 Å². The molecule has 31 heavy (non-hydrogen) atoms. The Morgan fingerprint density at radius 2 is 1.35 bits per heavy atom. The fourth-order valence-electron chi connectivity index (χ4n) is 3.86. The molecule has 5 rings (SSSR count). The van der Waals surface area contributed by atoms with Gasteiger partial charge in [0.15, 0.2) is 11.6 Å². The van der Waals surface area contributed by atoms with Gasteiger partial charge in [-0.2, -0.15) is 4.68 Å².